The van der Waals surface area contributed by atoms with E-state index in [-0.39, 0.29) is 24.1 Å². The Balaban J connectivity index is 1.88. The molecular formula is C17H16ClFN2O2. The first-order chi connectivity index (χ1) is 11.0. The Kier molecular flexibility index (Phi) is 5.71. The molecule has 2 rings (SSSR count). The van der Waals surface area contributed by atoms with Gasteiger partial charge >= 0.3 is 0 Å². The summed E-state index contributed by atoms with van der Waals surface area (Å²) in [7, 11) is 0. The molecule has 6 heteroatoms. The standard InChI is InChI=1S/C17H16ClFN2O2/c1-11(12-5-4-6-13(18)9-12)21-16(22)10-20-17(23)14-7-2-3-8-15(14)19/h2-9,11H,10H2,1H3,(H,20,23)(H,21,22)/t11-/m1/s1. The highest BCUT2D eigenvalue weighted by Crippen LogP contribution is 2.17. The Hall–Kier alpha value is -2.40. The lowest BCUT2D eigenvalue weighted by atomic mass is 10.1. The number of carbonyl (C=O) groups is 2. The molecule has 0 unspecified atom stereocenters. The number of rotatable bonds is 5. The van der Waals surface area contributed by atoms with Crippen LogP contribution in [0.5, 0.6) is 0 Å². The van der Waals surface area contributed by atoms with Gasteiger partial charge in [0.1, 0.15) is 5.82 Å². The van der Waals surface area contributed by atoms with E-state index in [1.165, 1.54) is 18.2 Å². The van der Waals surface area contributed by atoms with Gasteiger partial charge in [-0.3, -0.25) is 9.59 Å². The first-order valence-electron chi connectivity index (χ1n) is 7.05. The maximum Gasteiger partial charge on any atom is 0.254 e. The number of hydrogen-bond donors (Lipinski definition) is 2. The normalized spacial score (nSPS) is 11.6. The van der Waals surface area contributed by atoms with Gasteiger partial charge in [0.25, 0.3) is 5.91 Å². The highest BCUT2D eigenvalue weighted by atomic mass is 35.5. The molecule has 2 aromatic rings. The highest BCUT2D eigenvalue weighted by molar-refractivity contribution is 6.30. The molecule has 0 radical (unpaired) electrons. The van der Waals surface area contributed by atoms with Crippen molar-refractivity contribution < 1.29 is 14.0 Å². The molecule has 2 aromatic carbocycles. The largest absolute Gasteiger partial charge is 0.348 e. The van der Waals surface area contributed by atoms with Gasteiger partial charge in [0.2, 0.25) is 5.91 Å². The number of benzene rings is 2. The van der Waals surface area contributed by atoms with Crippen molar-refractivity contribution >= 4 is 23.4 Å². The lowest BCUT2D eigenvalue weighted by Crippen LogP contribution is -2.38. The average molecular weight is 335 g/mol. The first-order valence-corrected chi connectivity index (χ1v) is 7.42. The van der Waals surface area contributed by atoms with Gasteiger partial charge in [0.05, 0.1) is 18.2 Å². The zero-order valence-electron chi connectivity index (χ0n) is 12.5. The first kappa shape index (κ1) is 17.0. The molecule has 0 spiro atoms. The van der Waals surface area contributed by atoms with Gasteiger partial charge in [0, 0.05) is 5.02 Å². The van der Waals surface area contributed by atoms with E-state index in [0.717, 1.165) is 5.56 Å². The molecule has 0 aliphatic heterocycles. The molecule has 0 aliphatic carbocycles. The van der Waals surface area contributed by atoms with Crippen molar-refractivity contribution in [3.05, 3.63) is 70.5 Å². The minimum absolute atomic E-state index is 0.0943. The average Bonchev–Trinajstić information content (AvgIpc) is 2.53. The van der Waals surface area contributed by atoms with E-state index in [0.29, 0.717) is 5.02 Å². The van der Waals surface area contributed by atoms with Gasteiger partial charge in [-0.1, -0.05) is 35.9 Å². The third kappa shape index (κ3) is 4.79. The van der Waals surface area contributed by atoms with Crippen LogP contribution in [0.25, 0.3) is 0 Å². The van der Waals surface area contributed by atoms with Crippen molar-refractivity contribution in [2.24, 2.45) is 0 Å². The second-order valence-corrected chi connectivity index (χ2v) is 5.44. The fourth-order valence-electron chi connectivity index (χ4n) is 2.05. The molecule has 0 saturated carbocycles. The second kappa shape index (κ2) is 7.74. The Morgan fingerprint density at radius 3 is 2.61 bits per heavy atom. The maximum absolute atomic E-state index is 13.5. The van der Waals surface area contributed by atoms with Gasteiger partial charge in [0.15, 0.2) is 0 Å². The summed E-state index contributed by atoms with van der Waals surface area (Å²) in [6.45, 7) is 1.57. The van der Waals surface area contributed by atoms with E-state index in [1.807, 2.05) is 13.0 Å². The van der Waals surface area contributed by atoms with Crippen LogP contribution in [-0.4, -0.2) is 18.4 Å². The predicted octanol–water partition coefficient (Wildman–Crippen LogP) is 3.09. The molecule has 23 heavy (non-hydrogen) atoms. The zero-order valence-corrected chi connectivity index (χ0v) is 13.2. The highest BCUT2D eigenvalue weighted by Gasteiger charge is 2.14. The molecule has 0 heterocycles. The van der Waals surface area contributed by atoms with Crippen molar-refractivity contribution in [2.45, 2.75) is 13.0 Å². The van der Waals surface area contributed by atoms with Gasteiger partial charge < -0.3 is 10.6 Å². The van der Waals surface area contributed by atoms with Crippen LogP contribution >= 0.6 is 11.6 Å². The molecule has 0 aromatic heterocycles. The smallest absolute Gasteiger partial charge is 0.254 e. The molecule has 2 amide bonds. The molecule has 0 saturated heterocycles. The Morgan fingerprint density at radius 1 is 1.17 bits per heavy atom. The minimum Gasteiger partial charge on any atom is -0.348 e. The van der Waals surface area contributed by atoms with Gasteiger partial charge in [-0.05, 0) is 36.8 Å². The fraction of sp³-hybridized carbons (Fsp3) is 0.176. The predicted molar refractivity (Wildman–Crippen MR) is 86.7 cm³/mol. The molecule has 4 nitrogen and oxygen atoms in total. The van der Waals surface area contributed by atoms with Crippen LogP contribution in [0, 0.1) is 5.82 Å². The van der Waals surface area contributed by atoms with E-state index < -0.39 is 11.7 Å². The van der Waals surface area contributed by atoms with Crippen molar-refractivity contribution in [2.75, 3.05) is 6.54 Å². The third-order valence-electron chi connectivity index (χ3n) is 3.25. The van der Waals surface area contributed by atoms with Crippen molar-refractivity contribution in [3.8, 4) is 0 Å². The van der Waals surface area contributed by atoms with Crippen LogP contribution < -0.4 is 10.6 Å². The number of amides is 2. The fourth-order valence-corrected chi connectivity index (χ4v) is 2.25. The van der Waals surface area contributed by atoms with Crippen LogP contribution in [0.4, 0.5) is 4.39 Å². The molecule has 120 valence electrons. The molecule has 1 atom stereocenters. The molecular weight excluding hydrogens is 319 g/mol. The van der Waals surface area contributed by atoms with Crippen molar-refractivity contribution in [1.82, 2.24) is 10.6 Å². The molecule has 0 aliphatic rings. The van der Waals surface area contributed by atoms with E-state index in [2.05, 4.69) is 10.6 Å². The maximum atomic E-state index is 13.5. The Labute approximate surface area is 138 Å². The summed E-state index contributed by atoms with van der Waals surface area (Å²) in [6.07, 6.45) is 0. The van der Waals surface area contributed by atoms with Crippen LogP contribution in [0.2, 0.25) is 5.02 Å². The Morgan fingerprint density at radius 2 is 1.91 bits per heavy atom. The molecule has 2 N–H and O–H groups in total. The quantitative estimate of drug-likeness (QED) is 0.882. The summed E-state index contributed by atoms with van der Waals surface area (Å²) < 4.78 is 13.5. The summed E-state index contributed by atoms with van der Waals surface area (Å²) in [5, 5.41) is 5.71. The lowest BCUT2D eigenvalue weighted by Gasteiger charge is -2.15. The third-order valence-corrected chi connectivity index (χ3v) is 3.49. The number of carbonyl (C=O) groups excluding carboxylic acids is 2. The van der Waals surface area contributed by atoms with E-state index >= 15 is 0 Å². The summed E-state index contributed by atoms with van der Waals surface area (Å²) in [5.74, 6) is -1.63. The summed E-state index contributed by atoms with van der Waals surface area (Å²) in [5.41, 5.74) is 0.759. The van der Waals surface area contributed by atoms with Crippen LogP contribution in [0.1, 0.15) is 28.9 Å². The van der Waals surface area contributed by atoms with Crippen LogP contribution in [0.3, 0.4) is 0 Å². The SMILES string of the molecule is C[C@@H](NC(=O)CNC(=O)c1ccccc1F)c1cccc(Cl)c1. The van der Waals surface area contributed by atoms with Gasteiger partial charge in [-0.15, -0.1) is 0 Å². The van der Waals surface area contributed by atoms with Gasteiger partial charge in [-0.2, -0.15) is 0 Å². The second-order valence-electron chi connectivity index (χ2n) is 5.01. The van der Waals surface area contributed by atoms with Crippen molar-refractivity contribution in [1.29, 1.82) is 0 Å². The van der Waals surface area contributed by atoms with Crippen LogP contribution in [0.15, 0.2) is 48.5 Å². The van der Waals surface area contributed by atoms with E-state index in [1.54, 1.807) is 24.3 Å². The minimum atomic E-state index is -0.631. The Bertz CT molecular complexity index is 721. The zero-order chi connectivity index (χ0) is 16.8. The number of nitrogens with one attached hydrogen (secondary N) is 2. The van der Waals surface area contributed by atoms with E-state index in [9.17, 15) is 14.0 Å². The summed E-state index contributed by atoms with van der Waals surface area (Å²) >= 11 is 5.91. The number of hydrogen-bond acceptors (Lipinski definition) is 2. The monoisotopic (exact) mass is 334 g/mol. The summed E-state index contributed by atoms with van der Waals surface area (Å²) in [6, 6.07) is 12.5. The lowest BCUT2D eigenvalue weighted by molar-refractivity contribution is -0.120. The summed E-state index contributed by atoms with van der Waals surface area (Å²) in [4.78, 5) is 23.7. The molecule has 0 bridgehead atoms. The van der Waals surface area contributed by atoms with Crippen molar-refractivity contribution in [3.63, 3.8) is 0 Å². The van der Waals surface area contributed by atoms with E-state index in [4.69, 9.17) is 11.6 Å². The number of halogens is 2. The van der Waals surface area contributed by atoms with Gasteiger partial charge in [-0.25, -0.2) is 4.39 Å². The topological polar surface area (TPSA) is 58.2 Å². The molecule has 0 fully saturated rings. The van der Waals surface area contributed by atoms with Crippen LogP contribution in [-0.2, 0) is 4.79 Å².